The van der Waals surface area contributed by atoms with Gasteiger partial charge in [-0.25, -0.2) is 13.6 Å². The van der Waals surface area contributed by atoms with Gasteiger partial charge in [-0.15, -0.1) is 0 Å². The quantitative estimate of drug-likeness (QED) is 0.620. The van der Waals surface area contributed by atoms with Crippen molar-refractivity contribution >= 4 is 16.0 Å². The number of nitrogens with zero attached hydrogens (tertiary/aromatic N) is 2. The van der Waals surface area contributed by atoms with E-state index in [2.05, 4.69) is 15.2 Å². The highest BCUT2D eigenvalue weighted by Gasteiger charge is 2.39. The highest BCUT2D eigenvalue weighted by molar-refractivity contribution is 7.89. The number of hydrogen-bond donors (Lipinski definition) is 2. The average molecular weight is 379 g/mol. The molecule has 144 valence electrons. The molecule has 1 aliphatic heterocycles. The fraction of sp³-hybridized carbons (Fsp3) is 0.632. The molecule has 0 radical (unpaired) electrons. The summed E-state index contributed by atoms with van der Waals surface area (Å²) in [5, 5.41) is 8.59. The Balaban J connectivity index is 1.50. The molecule has 6 nitrogen and oxygen atoms in total. The molecule has 1 saturated carbocycles. The molecule has 3 N–H and O–H groups in total. The first-order chi connectivity index (χ1) is 12.4. The van der Waals surface area contributed by atoms with Crippen molar-refractivity contribution in [3.8, 4) is 0 Å². The Kier molecular flexibility index (Phi) is 5.87. The molecule has 1 aliphatic carbocycles. The SMILES string of the molecule is CN=C(NCCc1ccc(S(N)(=O)=O)cc1)N1CCC2(CCCCC2)C1. The Hall–Kier alpha value is -1.60. The van der Waals surface area contributed by atoms with Crippen LogP contribution in [0.1, 0.15) is 44.1 Å². The fourth-order valence-electron chi connectivity index (χ4n) is 4.32. The first-order valence-electron chi connectivity index (χ1n) is 9.49. The summed E-state index contributed by atoms with van der Waals surface area (Å²) in [7, 11) is -1.78. The predicted molar refractivity (Wildman–Crippen MR) is 105 cm³/mol. The maximum Gasteiger partial charge on any atom is 0.238 e. The maximum atomic E-state index is 11.3. The highest BCUT2D eigenvalue weighted by atomic mass is 32.2. The van der Waals surface area contributed by atoms with E-state index in [1.165, 1.54) is 38.5 Å². The van der Waals surface area contributed by atoms with E-state index in [0.29, 0.717) is 5.41 Å². The van der Waals surface area contributed by atoms with Gasteiger partial charge in [0.2, 0.25) is 10.0 Å². The minimum Gasteiger partial charge on any atom is -0.356 e. The summed E-state index contributed by atoms with van der Waals surface area (Å²) in [6, 6.07) is 6.76. The summed E-state index contributed by atoms with van der Waals surface area (Å²) in [5.41, 5.74) is 1.59. The van der Waals surface area contributed by atoms with E-state index >= 15 is 0 Å². The first-order valence-corrected chi connectivity index (χ1v) is 11.0. The number of sulfonamides is 1. The molecule has 0 aromatic heterocycles. The molecule has 1 saturated heterocycles. The molecule has 1 heterocycles. The van der Waals surface area contributed by atoms with Gasteiger partial charge in [0.1, 0.15) is 0 Å². The third-order valence-corrected chi connectivity index (χ3v) is 6.74. The predicted octanol–water partition coefficient (Wildman–Crippen LogP) is 2.11. The largest absolute Gasteiger partial charge is 0.356 e. The molecule has 0 amide bonds. The van der Waals surface area contributed by atoms with E-state index in [1.807, 2.05) is 19.2 Å². The summed E-state index contributed by atoms with van der Waals surface area (Å²) in [4.78, 5) is 7.01. The lowest BCUT2D eigenvalue weighted by Gasteiger charge is -2.33. The van der Waals surface area contributed by atoms with Crippen LogP contribution in [-0.4, -0.2) is 46.0 Å². The van der Waals surface area contributed by atoms with E-state index in [-0.39, 0.29) is 4.90 Å². The van der Waals surface area contributed by atoms with Crippen molar-refractivity contribution in [2.45, 2.75) is 49.8 Å². The smallest absolute Gasteiger partial charge is 0.238 e. The molecular formula is C19H30N4O2S. The molecule has 0 atom stereocenters. The second kappa shape index (κ2) is 7.96. The van der Waals surface area contributed by atoms with Gasteiger partial charge in [-0.2, -0.15) is 0 Å². The van der Waals surface area contributed by atoms with Gasteiger partial charge < -0.3 is 10.2 Å². The molecule has 1 aromatic carbocycles. The Bertz CT molecular complexity index is 737. The molecule has 7 heteroatoms. The molecule has 26 heavy (non-hydrogen) atoms. The number of benzene rings is 1. The van der Waals surface area contributed by atoms with Crippen LogP contribution >= 0.6 is 0 Å². The van der Waals surface area contributed by atoms with Crippen molar-refractivity contribution < 1.29 is 8.42 Å². The Morgan fingerprint density at radius 1 is 1.19 bits per heavy atom. The fourth-order valence-corrected chi connectivity index (χ4v) is 4.84. The minimum atomic E-state index is -3.62. The first kappa shape index (κ1) is 19.2. The lowest BCUT2D eigenvalue weighted by Crippen LogP contribution is -2.42. The molecule has 1 spiro atoms. The van der Waals surface area contributed by atoms with E-state index in [1.54, 1.807) is 12.1 Å². The maximum absolute atomic E-state index is 11.3. The number of rotatable bonds is 4. The van der Waals surface area contributed by atoms with Crippen LogP contribution < -0.4 is 10.5 Å². The van der Waals surface area contributed by atoms with Crippen LogP contribution in [0.3, 0.4) is 0 Å². The number of guanidine groups is 1. The van der Waals surface area contributed by atoms with Gasteiger partial charge in [-0.05, 0) is 48.8 Å². The van der Waals surface area contributed by atoms with E-state index in [0.717, 1.165) is 37.6 Å². The molecular weight excluding hydrogens is 348 g/mol. The summed E-state index contributed by atoms with van der Waals surface area (Å²) < 4.78 is 22.6. The van der Waals surface area contributed by atoms with Crippen LogP contribution in [0.2, 0.25) is 0 Å². The van der Waals surface area contributed by atoms with Crippen molar-refractivity contribution in [2.75, 3.05) is 26.7 Å². The van der Waals surface area contributed by atoms with Crippen molar-refractivity contribution in [1.82, 2.24) is 10.2 Å². The van der Waals surface area contributed by atoms with Crippen molar-refractivity contribution in [2.24, 2.45) is 15.5 Å². The van der Waals surface area contributed by atoms with Crippen molar-refractivity contribution in [3.63, 3.8) is 0 Å². The van der Waals surface area contributed by atoms with Crippen LogP contribution in [0.25, 0.3) is 0 Å². The van der Waals surface area contributed by atoms with Crippen molar-refractivity contribution in [1.29, 1.82) is 0 Å². The van der Waals surface area contributed by atoms with E-state index in [4.69, 9.17) is 5.14 Å². The Morgan fingerprint density at radius 3 is 2.50 bits per heavy atom. The molecule has 3 rings (SSSR count). The van der Waals surface area contributed by atoms with Gasteiger partial charge in [0, 0.05) is 26.7 Å². The normalized spacial score (nSPS) is 20.5. The Labute approximate surface area is 156 Å². The van der Waals surface area contributed by atoms with Crippen molar-refractivity contribution in [3.05, 3.63) is 29.8 Å². The molecule has 2 fully saturated rings. The van der Waals surface area contributed by atoms with E-state index < -0.39 is 10.0 Å². The zero-order valence-corrected chi connectivity index (χ0v) is 16.4. The van der Waals surface area contributed by atoms with Crippen LogP contribution in [0, 0.1) is 5.41 Å². The topological polar surface area (TPSA) is 87.8 Å². The van der Waals surface area contributed by atoms with Gasteiger partial charge in [-0.1, -0.05) is 31.4 Å². The number of aliphatic imine (C=N–C) groups is 1. The number of likely N-dealkylation sites (tertiary alicyclic amines) is 1. The minimum absolute atomic E-state index is 0.153. The summed E-state index contributed by atoms with van der Waals surface area (Å²) in [5.74, 6) is 0.980. The van der Waals surface area contributed by atoms with Crippen LogP contribution in [0.4, 0.5) is 0 Å². The average Bonchev–Trinajstić information content (AvgIpc) is 3.02. The summed E-state index contributed by atoms with van der Waals surface area (Å²) in [6.45, 7) is 2.98. The van der Waals surface area contributed by atoms with Gasteiger partial charge in [0.25, 0.3) is 0 Å². The van der Waals surface area contributed by atoms with E-state index in [9.17, 15) is 8.42 Å². The molecule has 0 unspecified atom stereocenters. The van der Waals surface area contributed by atoms with Gasteiger partial charge in [0.15, 0.2) is 5.96 Å². The van der Waals surface area contributed by atoms with Gasteiger partial charge >= 0.3 is 0 Å². The summed E-state index contributed by atoms with van der Waals surface area (Å²) >= 11 is 0. The lowest BCUT2D eigenvalue weighted by atomic mass is 9.73. The molecule has 1 aromatic rings. The van der Waals surface area contributed by atoms with Gasteiger partial charge in [0.05, 0.1) is 4.90 Å². The standard InChI is InChI=1S/C19H30N4O2S/c1-21-18(23-14-12-19(15-23)10-3-2-4-11-19)22-13-9-16-5-7-17(8-6-16)26(20,24)25/h5-8H,2-4,9-15H2,1H3,(H,21,22)(H2,20,24,25). The number of hydrogen-bond acceptors (Lipinski definition) is 3. The lowest BCUT2D eigenvalue weighted by molar-refractivity contribution is 0.203. The Morgan fingerprint density at radius 2 is 1.88 bits per heavy atom. The third kappa shape index (κ3) is 4.57. The number of nitrogens with one attached hydrogen (secondary N) is 1. The monoisotopic (exact) mass is 378 g/mol. The molecule has 2 aliphatic rings. The third-order valence-electron chi connectivity index (χ3n) is 5.81. The second-order valence-electron chi connectivity index (χ2n) is 7.65. The zero-order valence-electron chi connectivity index (χ0n) is 15.6. The summed E-state index contributed by atoms with van der Waals surface area (Å²) in [6.07, 6.45) is 8.93. The highest BCUT2D eigenvalue weighted by Crippen LogP contribution is 2.43. The van der Waals surface area contributed by atoms with Crippen LogP contribution in [-0.2, 0) is 16.4 Å². The second-order valence-corrected chi connectivity index (χ2v) is 9.21. The zero-order chi connectivity index (χ0) is 18.6. The molecule has 0 bridgehead atoms. The number of nitrogens with two attached hydrogens (primary N) is 1. The van der Waals surface area contributed by atoms with Crippen LogP contribution in [0.5, 0.6) is 0 Å². The van der Waals surface area contributed by atoms with Gasteiger partial charge in [-0.3, -0.25) is 4.99 Å². The number of primary sulfonamides is 1. The van der Waals surface area contributed by atoms with Crippen LogP contribution in [0.15, 0.2) is 34.2 Å².